The highest BCUT2D eigenvalue weighted by atomic mass is 19.1. The van der Waals surface area contributed by atoms with E-state index in [1.807, 2.05) is 19.1 Å². The van der Waals surface area contributed by atoms with Crippen LogP contribution in [0.5, 0.6) is 0 Å². The Morgan fingerprint density at radius 3 is 2.71 bits per heavy atom. The van der Waals surface area contributed by atoms with Crippen LogP contribution >= 0.6 is 0 Å². The van der Waals surface area contributed by atoms with Gasteiger partial charge < -0.3 is 10.4 Å². The van der Waals surface area contributed by atoms with Crippen molar-refractivity contribution in [1.82, 2.24) is 5.32 Å². The van der Waals surface area contributed by atoms with Crippen LogP contribution in [-0.4, -0.2) is 18.3 Å². The Morgan fingerprint density at radius 1 is 1.47 bits per heavy atom. The Morgan fingerprint density at radius 2 is 2.18 bits per heavy atom. The van der Waals surface area contributed by atoms with E-state index in [0.29, 0.717) is 5.56 Å². The van der Waals surface area contributed by atoms with Crippen LogP contribution in [-0.2, 0) is 0 Å². The van der Waals surface area contributed by atoms with E-state index in [2.05, 4.69) is 5.32 Å². The van der Waals surface area contributed by atoms with Crippen molar-refractivity contribution >= 4 is 0 Å². The van der Waals surface area contributed by atoms with Crippen molar-refractivity contribution < 1.29 is 9.50 Å². The molecule has 0 bridgehead atoms. The fraction of sp³-hybridized carbons (Fsp3) is 0.571. The lowest BCUT2D eigenvalue weighted by Crippen LogP contribution is -2.28. The molecule has 0 aliphatic heterocycles. The first-order chi connectivity index (χ1) is 8.06. The summed E-state index contributed by atoms with van der Waals surface area (Å²) in [7, 11) is 0. The molecule has 0 amide bonds. The molecule has 2 nitrogen and oxygen atoms in total. The Hall–Kier alpha value is -0.930. The van der Waals surface area contributed by atoms with Crippen LogP contribution in [0.3, 0.4) is 0 Å². The third-order valence-electron chi connectivity index (χ3n) is 3.77. The second kappa shape index (κ2) is 4.75. The standard InChI is InChI=1S/C14H20FNO/c1-10-3-4-12(7-13(10)15)11(2)16-8-14(9-17)5-6-14/h3-4,7,11,16-17H,5-6,8-9H2,1-2H3. The van der Waals surface area contributed by atoms with Gasteiger partial charge in [0, 0.05) is 24.6 Å². The number of benzene rings is 1. The minimum Gasteiger partial charge on any atom is -0.396 e. The van der Waals surface area contributed by atoms with Gasteiger partial charge in [0.15, 0.2) is 0 Å². The van der Waals surface area contributed by atoms with Gasteiger partial charge in [-0.2, -0.15) is 0 Å². The number of rotatable bonds is 5. The van der Waals surface area contributed by atoms with Crippen molar-refractivity contribution in [1.29, 1.82) is 0 Å². The van der Waals surface area contributed by atoms with Crippen LogP contribution < -0.4 is 5.32 Å². The van der Waals surface area contributed by atoms with Gasteiger partial charge in [-0.05, 0) is 43.9 Å². The molecular formula is C14H20FNO. The second-order valence-corrected chi connectivity index (χ2v) is 5.27. The summed E-state index contributed by atoms with van der Waals surface area (Å²) < 4.78 is 13.4. The zero-order valence-electron chi connectivity index (χ0n) is 10.5. The summed E-state index contributed by atoms with van der Waals surface area (Å²) in [6.45, 7) is 4.84. The number of aliphatic hydroxyl groups is 1. The van der Waals surface area contributed by atoms with Crippen molar-refractivity contribution in [2.24, 2.45) is 5.41 Å². The Bertz CT molecular complexity index is 401. The van der Waals surface area contributed by atoms with Crippen molar-refractivity contribution in [3.8, 4) is 0 Å². The maximum Gasteiger partial charge on any atom is 0.126 e. The van der Waals surface area contributed by atoms with Gasteiger partial charge in [0.25, 0.3) is 0 Å². The van der Waals surface area contributed by atoms with E-state index < -0.39 is 0 Å². The quantitative estimate of drug-likeness (QED) is 0.825. The predicted octanol–water partition coefficient (Wildman–Crippen LogP) is 2.56. The summed E-state index contributed by atoms with van der Waals surface area (Å²) in [4.78, 5) is 0. The number of aliphatic hydroxyl groups excluding tert-OH is 1. The first-order valence-corrected chi connectivity index (χ1v) is 6.17. The van der Waals surface area contributed by atoms with Crippen LogP contribution in [0, 0.1) is 18.2 Å². The van der Waals surface area contributed by atoms with Gasteiger partial charge in [-0.1, -0.05) is 12.1 Å². The van der Waals surface area contributed by atoms with Crippen LogP contribution in [0.1, 0.15) is 36.9 Å². The van der Waals surface area contributed by atoms with Gasteiger partial charge in [-0.25, -0.2) is 4.39 Å². The molecule has 1 saturated carbocycles. The molecule has 3 heteroatoms. The molecule has 0 spiro atoms. The fourth-order valence-electron chi connectivity index (χ4n) is 1.93. The van der Waals surface area contributed by atoms with E-state index in [1.54, 1.807) is 13.0 Å². The zero-order valence-corrected chi connectivity index (χ0v) is 10.5. The molecule has 1 aromatic rings. The predicted molar refractivity (Wildman–Crippen MR) is 66.3 cm³/mol. The Kier molecular flexibility index (Phi) is 3.50. The molecule has 0 aromatic heterocycles. The molecule has 2 rings (SSSR count). The van der Waals surface area contributed by atoms with E-state index in [9.17, 15) is 9.50 Å². The molecule has 0 radical (unpaired) electrons. The maximum atomic E-state index is 13.4. The maximum absolute atomic E-state index is 13.4. The average molecular weight is 237 g/mol. The first-order valence-electron chi connectivity index (χ1n) is 6.17. The Labute approximate surface area is 102 Å². The van der Waals surface area contributed by atoms with Crippen LogP contribution in [0.4, 0.5) is 4.39 Å². The normalized spacial score (nSPS) is 19.1. The van der Waals surface area contributed by atoms with Gasteiger partial charge in [0.05, 0.1) is 0 Å². The summed E-state index contributed by atoms with van der Waals surface area (Å²) in [5.41, 5.74) is 1.73. The molecular weight excluding hydrogens is 217 g/mol. The Balaban J connectivity index is 1.95. The van der Waals surface area contributed by atoms with E-state index in [-0.39, 0.29) is 23.9 Å². The number of hydrogen-bond acceptors (Lipinski definition) is 2. The molecule has 1 aliphatic rings. The van der Waals surface area contributed by atoms with E-state index >= 15 is 0 Å². The summed E-state index contributed by atoms with van der Waals surface area (Å²) in [5.74, 6) is -0.153. The average Bonchev–Trinajstić information content (AvgIpc) is 3.10. The SMILES string of the molecule is Cc1ccc(C(C)NCC2(CO)CC2)cc1F. The molecule has 1 aliphatic carbocycles. The molecule has 2 N–H and O–H groups in total. The molecule has 1 unspecified atom stereocenters. The van der Waals surface area contributed by atoms with Crippen LogP contribution in [0.2, 0.25) is 0 Å². The lowest BCUT2D eigenvalue weighted by atomic mass is 10.0. The van der Waals surface area contributed by atoms with Gasteiger partial charge in [-0.3, -0.25) is 0 Å². The third kappa shape index (κ3) is 2.85. The highest BCUT2D eigenvalue weighted by Crippen LogP contribution is 2.44. The molecule has 0 heterocycles. The van der Waals surface area contributed by atoms with Crippen molar-refractivity contribution in [2.75, 3.05) is 13.2 Å². The van der Waals surface area contributed by atoms with Crippen LogP contribution in [0.25, 0.3) is 0 Å². The minimum absolute atomic E-state index is 0.0947. The second-order valence-electron chi connectivity index (χ2n) is 5.27. The largest absolute Gasteiger partial charge is 0.396 e. The lowest BCUT2D eigenvalue weighted by Gasteiger charge is -2.19. The summed E-state index contributed by atoms with van der Waals surface area (Å²) in [6, 6.07) is 5.47. The molecule has 1 atom stereocenters. The van der Waals surface area contributed by atoms with Crippen molar-refractivity contribution in [3.05, 3.63) is 35.1 Å². The highest BCUT2D eigenvalue weighted by Gasteiger charge is 2.41. The third-order valence-corrected chi connectivity index (χ3v) is 3.77. The summed E-state index contributed by atoms with van der Waals surface area (Å²) in [5, 5.41) is 12.6. The first kappa shape index (κ1) is 12.5. The monoisotopic (exact) mass is 237 g/mol. The fourth-order valence-corrected chi connectivity index (χ4v) is 1.93. The number of nitrogens with one attached hydrogen (secondary N) is 1. The number of hydrogen-bond donors (Lipinski definition) is 2. The highest BCUT2D eigenvalue weighted by molar-refractivity contribution is 5.25. The van der Waals surface area contributed by atoms with Gasteiger partial charge >= 0.3 is 0 Å². The van der Waals surface area contributed by atoms with E-state index in [1.165, 1.54) is 0 Å². The van der Waals surface area contributed by atoms with E-state index in [4.69, 9.17) is 0 Å². The minimum atomic E-state index is -0.153. The molecule has 0 saturated heterocycles. The van der Waals surface area contributed by atoms with E-state index in [0.717, 1.165) is 24.9 Å². The molecule has 1 fully saturated rings. The van der Waals surface area contributed by atoms with Crippen LogP contribution in [0.15, 0.2) is 18.2 Å². The van der Waals surface area contributed by atoms with Gasteiger partial charge in [0.2, 0.25) is 0 Å². The molecule has 17 heavy (non-hydrogen) atoms. The summed E-state index contributed by atoms with van der Waals surface area (Å²) >= 11 is 0. The summed E-state index contributed by atoms with van der Waals surface area (Å²) in [6.07, 6.45) is 2.18. The van der Waals surface area contributed by atoms with Crippen molar-refractivity contribution in [3.63, 3.8) is 0 Å². The smallest absolute Gasteiger partial charge is 0.126 e. The number of halogens is 1. The van der Waals surface area contributed by atoms with Gasteiger partial charge in [-0.15, -0.1) is 0 Å². The topological polar surface area (TPSA) is 32.3 Å². The van der Waals surface area contributed by atoms with Crippen molar-refractivity contribution in [2.45, 2.75) is 32.7 Å². The zero-order chi connectivity index (χ0) is 12.5. The lowest BCUT2D eigenvalue weighted by molar-refractivity contribution is 0.204. The molecule has 94 valence electrons. The van der Waals surface area contributed by atoms with Gasteiger partial charge in [0.1, 0.15) is 5.82 Å². The number of aryl methyl sites for hydroxylation is 1. The molecule has 1 aromatic carbocycles.